The number of benzene rings is 1. The number of anilines is 2. The number of alkyl halides is 3. The number of guanidine groups is 1. The van der Waals surface area contributed by atoms with Crippen LogP contribution in [-0.2, 0) is 11.0 Å². The van der Waals surface area contributed by atoms with Gasteiger partial charge in [-0.2, -0.15) is 13.2 Å². The first-order valence-electron chi connectivity index (χ1n) is 13.0. The third-order valence-electron chi connectivity index (χ3n) is 7.28. The number of hydrogen-bond donors (Lipinski definition) is 1. The van der Waals surface area contributed by atoms with Crippen molar-refractivity contribution in [1.29, 1.82) is 0 Å². The van der Waals surface area contributed by atoms with Crippen molar-refractivity contribution in [3.05, 3.63) is 58.4 Å². The molecule has 0 radical (unpaired) electrons. The van der Waals surface area contributed by atoms with E-state index in [0.717, 1.165) is 17.8 Å². The quantitative estimate of drug-likeness (QED) is 0.386. The smallest absolute Gasteiger partial charge is 0.416 e. The van der Waals surface area contributed by atoms with Crippen LogP contribution in [0.15, 0.2) is 53.0 Å². The fraction of sp³-hybridized carbons (Fsp3) is 0.393. The summed E-state index contributed by atoms with van der Waals surface area (Å²) in [5, 5.41) is 11.7. The van der Waals surface area contributed by atoms with Gasteiger partial charge in [0, 0.05) is 43.1 Å². The van der Waals surface area contributed by atoms with Crippen molar-refractivity contribution < 1.29 is 32.5 Å². The molecule has 3 atom stereocenters. The number of thiophene rings is 1. The normalized spacial score (nSPS) is 20.9. The summed E-state index contributed by atoms with van der Waals surface area (Å²) in [5.41, 5.74) is 0.785. The molecule has 0 saturated carbocycles. The molecule has 2 aliphatic rings. The van der Waals surface area contributed by atoms with Gasteiger partial charge in [0.1, 0.15) is 5.75 Å². The predicted molar refractivity (Wildman–Crippen MR) is 151 cm³/mol. The van der Waals surface area contributed by atoms with Crippen molar-refractivity contribution in [2.24, 2.45) is 4.99 Å². The molecule has 218 valence electrons. The van der Waals surface area contributed by atoms with Gasteiger partial charge in [0.2, 0.25) is 11.8 Å². The van der Waals surface area contributed by atoms with Gasteiger partial charge in [-0.3, -0.25) is 9.69 Å². The summed E-state index contributed by atoms with van der Waals surface area (Å²) < 4.78 is 52.4. The van der Waals surface area contributed by atoms with Crippen LogP contribution in [0.3, 0.4) is 0 Å². The summed E-state index contributed by atoms with van der Waals surface area (Å²) >= 11 is 1.33. The number of ether oxygens (including phenoxy) is 2. The Morgan fingerprint density at radius 2 is 1.83 bits per heavy atom. The van der Waals surface area contributed by atoms with E-state index in [0.29, 0.717) is 35.5 Å². The summed E-state index contributed by atoms with van der Waals surface area (Å²) in [6, 6.07) is 7.93. The topological polar surface area (TPSA) is 90.7 Å². The van der Waals surface area contributed by atoms with E-state index in [-0.39, 0.29) is 29.9 Å². The van der Waals surface area contributed by atoms with Crippen LogP contribution < -0.4 is 19.3 Å². The Kier molecular flexibility index (Phi) is 7.73. The molecule has 0 amide bonds. The van der Waals surface area contributed by atoms with Gasteiger partial charge in [0.15, 0.2) is 0 Å². The van der Waals surface area contributed by atoms with Crippen molar-refractivity contribution >= 4 is 40.3 Å². The van der Waals surface area contributed by atoms with Gasteiger partial charge in [-0.1, -0.05) is 0 Å². The van der Waals surface area contributed by atoms with Gasteiger partial charge in [-0.25, -0.2) is 9.98 Å². The minimum atomic E-state index is -4.61. The minimum absolute atomic E-state index is 0.0411. The maximum absolute atomic E-state index is 13.9. The van der Waals surface area contributed by atoms with Crippen molar-refractivity contribution in [3.8, 4) is 11.6 Å². The Hall–Kier alpha value is -4.00. The molecule has 13 heteroatoms. The summed E-state index contributed by atoms with van der Waals surface area (Å²) in [7, 11) is 2.93. The van der Waals surface area contributed by atoms with E-state index < -0.39 is 23.8 Å². The van der Waals surface area contributed by atoms with E-state index in [9.17, 15) is 23.1 Å². The number of aliphatic imine (C=N–C) groups is 1. The molecule has 2 aliphatic heterocycles. The zero-order valence-corrected chi connectivity index (χ0v) is 23.7. The molecule has 41 heavy (non-hydrogen) atoms. The van der Waals surface area contributed by atoms with E-state index in [1.165, 1.54) is 24.5 Å². The second-order valence-corrected chi connectivity index (χ2v) is 11.0. The zero-order chi connectivity index (χ0) is 29.5. The molecule has 0 bridgehead atoms. The molecular weight excluding hydrogens is 559 g/mol. The lowest BCUT2D eigenvalue weighted by Gasteiger charge is -2.49. The Balaban J connectivity index is 1.61. The van der Waals surface area contributed by atoms with Gasteiger partial charge in [0.25, 0.3) is 0 Å². The number of piperazine rings is 1. The Morgan fingerprint density at radius 3 is 2.46 bits per heavy atom. The van der Waals surface area contributed by atoms with Crippen molar-refractivity contribution in [2.75, 3.05) is 37.1 Å². The molecule has 1 fully saturated rings. The van der Waals surface area contributed by atoms with Crippen LogP contribution in [0, 0.1) is 0 Å². The Bertz CT molecular complexity index is 1450. The van der Waals surface area contributed by atoms with Crippen LogP contribution in [0.1, 0.15) is 36.8 Å². The number of rotatable bonds is 6. The molecule has 1 saturated heterocycles. The van der Waals surface area contributed by atoms with E-state index in [1.807, 2.05) is 28.5 Å². The van der Waals surface area contributed by atoms with Crippen molar-refractivity contribution in [1.82, 2.24) is 9.88 Å². The number of pyridine rings is 1. The lowest BCUT2D eigenvalue weighted by Crippen LogP contribution is -2.61. The third kappa shape index (κ3) is 5.50. The number of carboxylic acid groups (broad SMARTS) is 1. The number of halogens is 3. The average Bonchev–Trinajstić information content (AvgIpc) is 3.40. The molecule has 3 aromatic rings. The first-order chi connectivity index (χ1) is 19.5. The monoisotopic (exact) mass is 589 g/mol. The van der Waals surface area contributed by atoms with E-state index in [1.54, 1.807) is 18.2 Å². The van der Waals surface area contributed by atoms with Gasteiger partial charge in [-0.05, 0) is 49.6 Å². The number of nitrogens with zero attached hydrogens (tertiary/aromatic N) is 5. The molecule has 0 unspecified atom stereocenters. The van der Waals surface area contributed by atoms with Crippen LogP contribution in [0.5, 0.6) is 11.6 Å². The predicted octanol–water partition coefficient (Wildman–Crippen LogP) is 5.80. The van der Waals surface area contributed by atoms with E-state index >= 15 is 0 Å². The molecule has 0 aliphatic carbocycles. The van der Waals surface area contributed by atoms with Crippen LogP contribution in [0.2, 0.25) is 0 Å². The number of methoxy groups -OCH3 is 2. The third-order valence-corrected chi connectivity index (χ3v) is 8.29. The van der Waals surface area contributed by atoms with Gasteiger partial charge in [0.05, 0.1) is 48.5 Å². The van der Waals surface area contributed by atoms with E-state index in [2.05, 4.69) is 23.7 Å². The fourth-order valence-corrected chi connectivity index (χ4v) is 6.57. The molecule has 4 heterocycles. The maximum Gasteiger partial charge on any atom is 0.416 e. The largest absolute Gasteiger partial charge is 0.495 e. The first-order valence-corrected chi connectivity index (χ1v) is 13.9. The molecule has 1 N–H and O–H groups in total. The zero-order valence-electron chi connectivity index (χ0n) is 22.9. The number of carbonyl (C=O) groups is 1. The molecule has 9 nitrogen and oxygen atoms in total. The summed E-state index contributed by atoms with van der Waals surface area (Å²) in [6.45, 7) is 5.06. The molecule has 0 spiro atoms. The summed E-state index contributed by atoms with van der Waals surface area (Å²) in [4.78, 5) is 27.7. The first kappa shape index (κ1) is 28.5. The average molecular weight is 590 g/mol. The van der Waals surface area contributed by atoms with Crippen LogP contribution in [0.25, 0.3) is 0 Å². The number of hydrogen-bond acceptors (Lipinski definition) is 9. The number of aromatic nitrogens is 1. The number of aliphatic carboxylic acids is 1. The molecular formula is C28H30F3N5O4S. The number of fused-ring (bicyclic) bond motifs is 1. The second-order valence-electron chi connectivity index (χ2n) is 10.0. The highest BCUT2D eigenvalue weighted by Crippen LogP contribution is 2.47. The summed E-state index contributed by atoms with van der Waals surface area (Å²) in [6.07, 6.45) is -3.26. The maximum atomic E-state index is 13.9. The number of carboxylic acids is 1. The lowest BCUT2D eigenvalue weighted by molar-refractivity contribution is -0.138. The van der Waals surface area contributed by atoms with Gasteiger partial charge in [-0.15, -0.1) is 11.3 Å². The van der Waals surface area contributed by atoms with Crippen LogP contribution >= 0.6 is 11.3 Å². The van der Waals surface area contributed by atoms with Crippen LogP contribution in [-0.4, -0.2) is 66.3 Å². The van der Waals surface area contributed by atoms with Gasteiger partial charge < -0.3 is 24.4 Å². The Labute approximate surface area is 239 Å². The molecule has 1 aromatic carbocycles. The highest BCUT2D eigenvalue weighted by atomic mass is 32.1. The highest BCUT2D eigenvalue weighted by Gasteiger charge is 2.42. The Morgan fingerprint density at radius 1 is 1.10 bits per heavy atom. The minimum Gasteiger partial charge on any atom is -0.495 e. The highest BCUT2D eigenvalue weighted by molar-refractivity contribution is 7.10. The fourth-order valence-electron chi connectivity index (χ4n) is 5.64. The van der Waals surface area contributed by atoms with E-state index in [4.69, 9.17) is 14.5 Å². The van der Waals surface area contributed by atoms with Crippen molar-refractivity contribution in [3.63, 3.8) is 0 Å². The second kappa shape index (κ2) is 11.1. The lowest BCUT2D eigenvalue weighted by atomic mass is 10.0. The standard InChI is InChI=1S/C28H30F3N5O4S/c1-16-14-34(15-17(2)35(16)19-7-9-32-24(12-19)40-4)27-33-20-8-10-41-26(20)22(13-25(37)38)36(27)21-11-18(28(29,30)31)5-6-23(21)39-3/h5-12,16-17,22H,13-15H2,1-4H3,(H,37,38)/t16-,17-,22-/m1/s1. The summed E-state index contributed by atoms with van der Waals surface area (Å²) in [5.74, 6) is -0.0230. The SMILES string of the molecule is COc1cc(N2[C@H](C)CN(C3=Nc4ccsc4[C@@H](CC(=O)O)N3c3cc(C(F)(F)F)ccc3OC)C[C@H]2C)ccn1. The molecule has 2 aromatic heterocycles. The van der Waals surface area contributed by atoms with Crippen LogP contribution in [0.4, 0.5) is 30.2 Å². The van der Waals surface area contributed by atoms with Gasteiger partial charge >= 0.3 is 12.1 Å². The molecule has 5 rings (SSSR count). The van der Waals surface area contributed by atoms with Crippen molar-refractivity contribution in [2.45, 2.75) is 44.6 Å².